The summed E-state index contributed by atoms with van der Waals surface area (Å²) >= 11 is 0. The van der Waals surface area contributed by atoms with E-state index >= 15 is 0 Å². The molecule has 0 amide bonds. The van der Waals surface area contributed by atoms with Crippen molar-refractivity contribution in [2.75, 3.05) is 9.80 Å². The van der Waals surface area contributed by atoms with Gasteiger partial charge in [0.2, 0.25) is 0 Å². The summed E-state index contributed by atoms with van der Waals surface area (Å²) in [6.45, 7) is 0. The minimum Gasteiger partial charge on any atom is -0.364 e. The van der Waals surface area contributed by atoms with Crippen LogP contribution >= 0.6 is 0 Å². The third-order valence-corrected chi connectivity index (χ3v) is 11.2. The second-order valence-electron chi connectivity index (χ2n) is 14.7. The summed E-state index contributed by atoms with van der Waals surface area (Å²) in [6, 6.07) is 71.1. The van der Waals surface area contributed by atoms with E-state index in [1.807, 2.05) is 60.7 Å². The van der Waals surface area contributed by atoms with Gasteiger partial charge in [0.15, 0.2) is 0 Å². The largest absolute Gasteiger partial charge is 0.364 e. The summed E-state index contributed by atoms with van der Waals surface area (Å²) in [5.41, 5.74) is 11.5. The molecule has 8 aromatic carbocycles. The number of hydrogen-bond acceptors (Lipinski definition) is 5. The Morgan fingerprint density at radius 1 is 0.344 bits per heavy atom. The summed E-state index contributed by atoms with van der Waals surface area (Å²) in [5, 5.41) is 25.5. The number of fused-ring (bicyclic) bond motifs is 6. The highest BCUT2D eigenvalue weighted by Gasteiger charge is 2.18. The number of para-hydroxylation sites is 6. The molecule has 0 spiro atoms. The van der Waals surface area contributed by atoms with Gasteiger partial charge in [-0.1, -0.05) is 109 Å². The fourth-order valence-corrected chi connectivity index (χ4v) is 8.51. The molecule has 7 heteroatoms. The van der Waals surface area contributed by atoms with Crippen LogP contribution in [0.3, 0.4) is 0 Å². The molecular formula is C54H41N7. The standard InChI is InChI=1S/C54H41N7/c55-35-45(58(39-15-3-1-4-16-39)41-27-31-43(32-28-41)60-51-23-11-7-19-47(51)48-20-8-12-24-52(48)60)37-57-38-46(36-56)59(40-17-5-2-6-18-40)42-29-33-44(34-30-42)61-53-25-13-9-21-49(53)50-22-10-14-26-54(50)61/h1-38,55-57H/b45-37+,46-38+,55-35?,56-36?. The van der Waals surface area contributed by atoms with Crippen molar-refractivity contribution in [3.05, 3.63) is 230 Å². The molecule has 0 unspecified atom stereocenters. The molecule has 0 atom stereocenters. The molecule has 10 rings (SSSR count). The second-order valence-corrected chi connectivity index (χ2v) is 14.7. The van der Waals surface area contributed by atoms with Crippen molar-refractivity contribution in [2.24, 2.45) is 0 Å². The van der Waals surface area contributed by atoms with Crippen LogP contribution < -0.4 is 15.1 Å². The first-order valence-corrected chi connectivity index (χ1v) is 20.3. The van der Waals surface area contributed by atoms with Gasteiger partial charge in [-0.15, -0.1) is 0 Å². The van der Waals surface area contributed by atoms with E-state index in [0.29, 0.717) is 11.4 Å². The molecule has 2 heterocycles. The number of rotatable bonds is 12. The maximum Gasteiger partial charge on any atom is 0.0798 e. The molecular weight excluding hydrogens is 747 g/mol. The van der Waals surface area contributed by atoms with E-state index in [-0.39, 0.29) is 0 Å². The predicted octanol–water partition coefficient (Wildman–Crippen LogP) is 13.4. The molecule has 0 aliphatic heterocycles. The molecule has 0 saturated carbocycles. The fourth-order valence-electron chi connectivity index (χ4n) is 8.51. The van der Waals surface area contributed by atoms with Crippen molar-refractivity contribution in [1.82, 2.24) is 14.5 Å². The number of anilines is 4. The van der Waals surface area contributed by atoms with Crippen LogP contribution in [0.2, 0.25) is 0 Å². The minimum atomic E-state index is 0.609. The molecule has 0 aliphatic carbocycles. The quantitative estimate of drug-likeness (QED) is 0.108. The Labute approximate surface area is 354 Å². The summed E-state index contributed by atoms with van der Waals surface area (Å²) in [5.74, 6) is 0. The van der Waals surface area contributed by atoms with Crippen LogP contribution in [0.4, 0.5) is 22.7 Å². The molecule has 61 heavy (non-hydrogen) atoms. The van der Waals surface area contributed by atoms with Crippen molar-refractivity contribution in [3.8, 4) is 11.4 Å². The van der Waals surface area contributed by atoms with Gasteiger partial charge in [0, 0.05) is 80.5 Å². The summed E-state index contributed by atoms with van der Waals surface area (Å²) in [4.78, 5) is 4.10. The molecule has 10 aromatic rings. The maximum absolute atomic E-state index is 8.63. The van der Waals surface area contributed by atoms with E-state index in [9.17, 15) is 0 Å². The van der Waals surface area contributed by atoms with Crippen LogP contribution in [0.15, 0.2) is 230 Å². The van der Waals surface area contributed by atoms with Crippen molar-refractivity contribution in [2.45, 2.75) is 0 Å². The van der Waals surface area contributed by atoms with Crippen LogP contribution in [0, 0.1) is 10.8 Å². The average molecular weight is 788 g/mol. The first-order valence-electron chi connectivity index (χ1n) is 20.3. The van der Waals surface area contributed by atoms with Crippen LogP contribution in [0.25, 0.3) is 55.0 Å². The highest BCUT2D eigenvalue weighted by molar-refractivity contribution is 6.10. The summed E-state index contributed by atoms with van der Waals surface area (Å²) in [7, 11) is 0. The Morgan fingerprint density at radius 3 is 0.934 bits per heavy atom. The molecule has 2 aromatic heterocycles. The molecule has 0 saturated heterocycles. The number of aromatic nitrogens is 2. The van der Waals surface area contributed by atoms with Gasteiger partial charge < -0.3 is 35.1 Å². The minimum absolute atomic E-state index is 0.609. The Balaban J connectivity index is 0.992. The highest BCUT2D eigenvalue weighted by Crippen LogP contribution is 2.36. The zero-order valence-electron chi connectivity index (χ0n) is 33.2. The first-order chi connectivity index (χ1) is 30.2. The molecule has 0 bridgehead atoms. The smallest absolute Gasteiger partial charge is 0.0798 e. The molecule has 3 N–H and O–H groups in total. The van der Waals surface area contributed by atoms with Gasteiger partial charge in [-0.05, 0) is 97.1 Å². The van der Waals surface area contributed by atoms with E-state index in [4.69, 9.17) is 10.8 Å². The number of hydrogen-bond donors (Lipinski definition) is 3. The molecule has 0 aliphatic rings. The Morgan fingerprint density at radius 2 is 0.623 bits per heavy atom. The van der Waals surface area contributed by atoms with Gasteiger partial charge in [-0.3, -0.25) is 0 Å². The SMILES string of the molecule is N=C/C(=C\N/C=C(\C=N)N(c1ccccc1)c1ccc(-n2c3ccccc3c3ccccc32)cc1)N(c1ccccc1)c1ccc(-n2c3ccccc3c3ccccc32)cc1. The monoisotopic (exact) mass is 787 g/mol. The Hall–Kier alpha value is -8.42. The zero-order chi connectivity index (χ0) is 41.1. The third kappa shape index (κ3) is 6.70. The van der Waals surface area contributed by atoms with E-state index < -0.39 is 0 Å². The number of allylic oxidation sites excluding steroid dienone is 2. The summed E-state index contributed by atoms with van der Waals surface area (Å²) < 4.78 is 4.60. The normalized spacial score (nSPS) is 11.9. The van der Waals surface area contributed by atoms with E-state index in [1.165, 1.54) is 34.0 Å². The van der Waals surface area contributed by atoms with Crippen LogP contribution in [0.5, 0.6) is 0 Å². The van der Waals surface area contributed by atoms with Crippen molar-refractivity contribution < 1.29 is 0 Å². The van der Waals surface area contributed by atoms with Crippen molar-refractivity contribution >= 4 is 78.8 Å². The molecule has 292 valence electrons. The van der Waals surface area contributed by atoms with Gasteiger partial charge >= 0.3 is 0 Å². The predicted molar refractivity (Wildman–Crippen MR) is 256 cm³/mol. The van der Waals surface area contributed by atoms with Gasteiger partial charge in [0.05, 0.1) is 33.5 Å². The lowest BCUT2D eigenvalue weighted by Crippen LogP contribution is -2.21. The molecule has 0 fully saturated rings. The van der Waals surface area contributed by atoms with Gasteiger partial charge in [-0.25, -0.2) is 0 Å². The van der Waals surface area contributed by atoms with Gasteiger partial charge in [-0.2, -0.15) is 0 Å². The highest BCUT2D eigenvalue weighted by atomic mass is 15.2. The lowest BCUT2D eigenvalue weighted by atomic mass is 10.2. The summed E-state index contributed by atoms with van der Waals surface area (Å²) in [6.07, 6.45) is 6.31. The van der Waals surface area contributed by atoms with E-state index in [2.05, 4.69) is 170 Å². The van der Waals surface area contributed by atoms with Crippen LogP contribution in [-0.2, 0) is 0 Å². The number of nitrogens with one attached hydrogen (secondary N) is 3. The van der Waals surface area contributed by atoms with E-state index in [0.717, 1.165) is 56.2 Å². The lowest BCUT2D eigenvalue weighted by molar-refractivity contribution is 1.10. The Kier molecular flexibility index (Phi) is 9.73. The van der Waals surface area contributed by atoms with Crippen LogP contribution in [-0.4, -0.2) is 21.6 Å². The topological polar surface area (TPSA) is 76.1 Å². The fraction of sp³-hybridized carbons (Fsp3) is 0. The van der Waals surface area contributed by atoms with Gasteiger partial charge in [0.1, 0.15) is 0 Å². The molecule has 7 nitrogen and oxygen atoms in total. The van der Waals surface area contributed by atoms with Crippen LogP contribution in [0.1, 0.15) is 0 Å². The van der Waals surface area contributed by atoms with Crippen molar-refractivity contribution in [3.63, 3.8) is 0 Å². The number of benzene rings is 8. The van der Waals surface area contributed by atoms with Gasteiger partial charge in [0.25, 0.3) is 0 Å². The number of nitrogens with zero attached hydrogens (tertiary/aromatic N) is 4. The maximum atomic E-state index is 8.63. The first kappa shape index (κ1) is 36.9. The van der Waals surface area contributed by atoms with E-state index in [1.54, 1.807) is 12.4 Å². The average Bonchev–Trinajstić information content (AvgIpc) is 3.85. The lowest BCUT2D eigenvalue weighted by Gasteiger charge is -2.27. The third-order valence-electron chi connectivity index (χ3n) is 11.2. The zero-order valence-corrected chi connectivity index (χ0v) is 33.2. The van der Waals surface area contributed by atoms with Crippen molar-refractivity contribution in [1.29, 1.82) is 10.8 Å². The molecule has 0 radical (unpaired) electrons. The second kappa shape index (κ2) is 16.1. The Bertz CT molecular complexity index is 2920.